The average molecular weight is 869 g/mol. The molecule has 352 valence electrons. The Hall–Kier alpha value is -2.44. The Bertz CT molecular complexity index is 1550. The van der Waals surface area contributed by atoms with Crippen molar-refractivity contribution >= 4 is 23.9 Å². The molecule has 16 heteroatoms. The first kappa shape index (κ1) is 51.2. The summed E-state index contributed by atoms with van der Waals surface area (Å²) in [6.07, 6.45) is -1.27. The highest BCUT2D eigenvalue weighted by molar-refractivity contribution is 5.88. The van der Waals surface area contributed by atoms with Crippen LogP contribution in [0.25, 0.3) is 0 Å². The van der Waals surface area contributed by atoms with E-state index in [4.69, 9.17) is 23.8 Å². The molecule has 0 aromatic carbocycles. The molecule has 4 rings (SSSR count). The molecule has 0 amide bonds. The highest BCUT2D eigenvalue weighted by Crippen LogP contribution is 2.43. The van der Waals surface area contributed by atoms with Gasteiger partial charge in [0.05, 0.1) is 31.8 Å². The van der Waals surface area contributed by atoms with E-state index in [0.29, 0.717) is 25.7 Å². The molecular weight excluding hydrogens is 789 g/mol. The first-order valence-corrected chi connectivity index (χ1v) is 22.1. The second-order valence-corrected chi connectivity index (χ2v) is 23.5. The molecule has 4 aliphatic rings. The number of esters is 4. The maximum Gasteiger partial charge on any atom is 0.310 e. The van der Waals surface area contributed by atoms with Crippen molar-refractivity contribution in [1.82, 2.24) is 20.3 Å². The lowest BCUT2D eigenvalue weighted by Crippen LogP contribution is -2.61. The van der Waals surface area contributed by atoms with Gasteiger partial charge in [-0.05, 0) is 111 Å². The minimum absolute atomic E-state index is 0.256. The van der Waals surface area contributed by atoms with E-state index >= 15 is 0 Å². The monoisotopic (exact) mass is 869 g/mol. The van der Waals surface area contributed by atoms with Gasteiger partial charge in [-0.1, -0.05) is 0 Å². The lowest BCUT2D eigenvalue weighted by molar-refractivity contribution is -0.278. The molecule has 0 radical (unpaired) electrons. The molecule has 0 bridgehead atoms. The normalized spacial score (nSPS) is 28.0. The van der Waals surface area contributed by atoms with Crippen LogP contribution >= 0.6 is 0 Å². The average Bonchev–Trinajstić information content (AvgIpc) is 3.04. The molecule has 0 aliphatic carbocycles. The maximum absolute atomic E-state index is 14.7. The third-order valence-corrected chi connectivity index (χ3v) is 13.6. The molecule has 0 aromatic heterocycles. The Morgan fingerprint density at radius 2 is 0.639 bits per heavy atom. The first-order chi connectivity index (χ1) is 27.5. The van der Waals surface area contributed by atoms with E-state index in [1.165, 1.54) is 15.2 Å². The van der Waals surface area contributed by atoms with E-state index in [0.717, 1.165) is 0 Å². The Labute approximate surface area is 364 Å². The van der Waals surface area contributed by atoms with Crippen LogP contribution in [0.2, 0.25) is 0 Å². The number of carbonyl (C=O) groups is 4. The largest absolute Gasteiger partial charge is 0.462 e. The topological polar surface area (TPSA) is 188 Å². The third kappa shape index (κ3) is 11.6. The van der Waals surface area contributed by atoms with Gasteiger partial charge < -0.3 is 39.4 Å². The fourth-order valence-electron chi connectivity index (χ4n) is 11.6. The molecule has 16 nitrogen and oxygen atoms in total. The van der Waals surface area contributed by atoms with E-state index in [2.05, 4.69) is 0 Å². The van der Waals surface area contributed by atoms with E-state index in [9.17, 15) is 34.8 Å². The van der Waals surface area contributed by atoms with Gasteiger partial charge in [0.25, 0.3) is 0 Å². The van der Waals surface area contributed by atoms with Crippen LogP contribution in [0.5, 0.6) is 0 Å². The van der Waals surface area contributed by atoms with Crippen molar-refractivity contribution in [3.63, 3.8) is 0 Å². The van der Waals surface area contributed by atoms with Gasteiger partial charge in [0.15, 0.2) is 0 Å². The Balaban J connectivity index is 1.72. The van der Waals surface area contributed by atoms with Crippen molar-refractivity contribution in [3.8, 4) is 0 Å². The van der Waals surface area contributed by atoms with Gasteiger partial charge in [-0.25, -0.2) is 0 Å². The van der Waals surface area contributed by atoms with E-state index in [-0.39, 0.29) is 25.7 Å². The highest BCUT2D eigenvalue weighted by atomic mass is 16.7. The van der Waals surface area contributed by atoms with Crippen LogP contribution < -0.4 is 0 Å². The molecule has 3 N–H and O–H groups in total. The molecule has 0 saturated carbocycles. The maximum atomic E-state index is 14.7. The Morgan fingerprint density at radius 3 is 0.869 bits per heavy atom. The smallest absolute Gasteiger partial charge is 0.310 e. The van der Waals surface area contributed by atoms with E-state index < -0.39 is 117 Å². The zero-order valence-electron chi connectivity index (χ0n) is 40.3. The van der Waals surface area contributed by atoms with E-state index in [1.54, 1.807) is 7.11 Å². The van der Waals surface area contributed by atoms with Gasteiger partial charge in [-0.15, -0.1) is 0 Å². The van der Waals surface area contributed by atoms with Gasteiger partial charge in [0.1, 0.15) is 24.4 Å². The van der Waals surface area contributed by atoms with Gasteiger partial charge >= 0.3 is 23.9 Å². The van der Waals surface area contributed by atoms with Gasteiger partial charge in [0.2, 0.25) is 0 Å². The lowest BCUT2D eigenvalue weighted by Gasteiger charge is -2.52. The van der Waals surface area contributed by atoms with Gasteiger partial charge in [-0.2, -0.15) is 20.3 Å². The van der Waals surface area contributed by atoms with Crippen LogP contribution in [0.15, 0.2) is 0 Å². The van der Waals surface area contributed by atoms with Crippen molar-refractivity contribution in [3.05, 3.63) is 0 Å². The van der Waals surface area contributed by atoms with Gasteiger partial charge in [0, 0.05) is 95.7 Å². The van der Waals surface area contributed by atoms with Crippen molar-refractivity contribution in [1.29, 1.82) is 0 Å². The number of ether oxygens (including phenoxy) is 4. The predicted molar refractivity (Wildman–Crippen MR) is 225 cm³/mol. The lowest BCUT2D eigenvalue weighted by atomic mass is 9.79. The summed E-state index contributed by atoms with van der Waals surface area (Å²) in [5.41, 5.74) is -5.65. The fraction of sp³-hybridized carbons (Fsp3) is 0.911. The highest BCUT2D eigenvalue weighted by Gasteiger charge is 2.52. The van der Waals surface area contributed by atoms with E-state index in [1.807, 2.05) is 116 Å². The molecule has 61 heavy (non-hydrogen) atoms. The first-order valence-electron chi connectivity index (χ1n) is 22.1. The van der Waals surface area contributed by atoms with Crippen LogP contribution in [0.1, 0.15) is 175 Å². The van der Waals surface area contributed by atoms with Crippen molar-refractivity contribution in [2.75, 3.05) is 7.11 Å². The van der Waals surface area contributed by atoms with Crippen molar-refractivity contribution in [2.45, 2.75) is 244 Å². The number of piperidine rings is 4. The molecule has 4 saturated heterocycles. The van der Waals surface area contributed by atoms with Crippen LogP contribution in [0.3, 0.4) is 0 Å². The molecule has 4 heterocycles. The molecule has 0 spiro atoms. The number of rotatable bonds is 12. The fourth-order valence-corrected chi connectivity index (χ4v) is 11.6. The second kappa shape index (κ2) is 17.5. The Kier molecular flexibility index (Phi) is 14.7. The summed E-state index contributed by atoms with van der Waals surface area (Å²) in [7, 11) is 1.61. The number of hydrogen-bond donors (Lipinski definition) is 3. The van der Waals surface area contributed by atoms with Crippen LogP contribution in [0, 0.1) is 11.8 Å². The molecule has 0 aromatic rings. The number of hydrogen-bond acceptors (Lipinski definition) is 16. The van der Waals surface area contributed by atoms with Crippen LogP contribution in [0.4, 0.5) is 0 Å². The quantitative estimate of drug-likeness (QED) is 0.134. The third-order valence-electron chi connectivity index (χ3n) is 13.6. The molecular formula is C45H80N4O12. The number of nitrogens with zero attached hydrogens (tertiary/aromatic N) is 4. The minimum Gasteiger partial charge on any atom is -0.462 e. The van der Waals surface area contributed by atoms with Crippen molar-refractivity contribution < 1.29 is 58.6 Å². The number of carbonyl (C=O) groups excluding carboxylic acids is 4. The predicted octanol–water partition coefficient (Wildman–Crippen LogP) is 6.99. The molecule has 2 unspecified atom stereocenters. The Morgan fingerprint density at radius 1 is 0.426 bits per heavy atom. The molecule has 4 aliphatic heterocycles. The van der Waals surface area contributed by atoms with Crippen LogP contribution in [-0.4, -0.2) is 136 Å². The van der Waals surface area contributed by atoms with Gasteiger partial charge in [-0.3, -0.25) is 19.2 Å². The zero-order valence-corrected chi connectivity index (χ0v) is 40.3. The summed E-state index contributed by atoms with van der Waals surface area (Å²) in [5, 5.41) is 38.6. The summed E-state index contributed by atoms with van der Waals surface area (Å²) >= 11 is 0. The summed E-state index contributed by atoms with van der Waals surface area (Å²) < 4.78 is 24.6. The summed E-state index contributed by atoms with van der Waals surface area (Å²) in [6.45, 7) is 30.0. The second-order valence-electron chi connectivity index (χ2n) is 23.5. The van der Waals surface area contributed by atoms with Crippen molar-refractivity contribution in [2.24, 2.45) is 11.8 Å². The standard InChI is InChI=1S/C45H80N4O12/c1-38(2)20-28(21-39(3,4)46(38)54)58-34(50)18-32(36(52)60-30-22-40(5,6)47(55)41(7,8)23-30)33(37(53)61-31-24-42(9,10)48(56)43(11,12)25-31)19-35(51)59-29-26-44(13,14)49(57-17)45(15,16)27-29/h28-33,54-56H,18-27H2,1-17H3. The van der Waals surface area contributed by atoms with Crippen LogP contribution in [-0.2, 0) is 43.0 Å². The zero-order chi connectivity index (χ0) is 46.7. The summed E-state index contributed by atoms with van der Waals surface area (Å²) in [5.74, 6) is -6.29. The minimum atomic E-state index is -1.52. The SMILES string of the molecule is CON1C(C)(C)CC(OC(=O)CC(C(=O)OC2CC(C)(C)N(O)C(C)(C)C2)C(CC(=O)OC2CC(C)(C)N(O)C(C)(C)C2)C(=O)OC2CC(C)(C)N(O)C(C)(C)C2)CC1(C)C. The molecule has 4 fully saturated rings. The summed E-state index contributed by atoms with van der Waals surface area (Å²) in [6, 6.07) is 0. The summed E-state index contributed by atoms with van der Waals surface area (Å²) in [4.78, 5) is 63.5. The molecule has 2 atom stereocenters. The number of hydroxylamine groups is 8.